The Hall–Kier alpha value is -0.561. The molecule has 0 aromatic carbocycles. The van der Waals surface area contributed by atoms with Crippen molar-refractivity contribution < 1.29 is 21.6 Å². The molecule has 0 aliphatic heterocycles. The number of quaternary nitrogens is 1. The average molecular weight is 457 g/mol. The Labute approximate surface area is 199 Å². The second-order valence-electron chi connectivity index (χ2n) is 9.61. The molecule has 0 amide bonds. The topological polar surface area (TPSA) is 0 Å². The van der Waals surface area contributed by atoms with E-state index in [0.29, 0.717) is 5.92 Å². The monoisotopic (exact) mass is 456 g/mol. The first-order valence-electron chi connectivity index (χ1n) is 12.6. The molecule has 30 heavy (non-hydrogen) atoms. The Morgan fingerprint density at radius 1 is 0.633 bits per heavy atom. The van der Waals surface area contributed by atoms with Gasteiger partial charge in [0.1, 0.15) is 0 Å². The van der Waals surface area contributed by atoms with Crippen molar-refractivity contribution in [2.75, 3.05) is 27.2 Å². The molecular weight excluding hydrogens is 406 g/mol. The molecule has 0 unspecified atom stereocenters. The Kier molecular flexibility index (Phi) is 20.0. The summed E-state index contributed by atoms with van der Waals surface area (Å²) in [6, 6.07) is 0. The number of nitrogens with zero attached hydrogens (tertiary/aromatic N) is 1. The molecule has 1 nitrogen and oxygen atoms in total. The van der Waals surface area contributed by atoms with Crippen LogP contribution in [-0.2, 0) is 17.1 Å². The van der Waals surface area contributed by atoms with Crippen molar-refractivity contribution in [3.63, 3.8) is 0 Å². The first kappa shape index (κ1) is 29.4. The summed E-state index contributed by atoms with van der Waals surface area (Å²) < 4.78 is 1.16. The molecule has 2 aliphatic carbocycles. The molecule has 0 radical (unpaired) electrons. The first-order chi connectivity index (χ1) is 14.1. The van der Waals surface area contributed by atoms with Crippen LogP contribution in [0.25, 0.3) is 0 Å². The minimum Gasteiger partial charge on any atom is -0.328 e. The normalized spacial score (nSPS) is 14.8. The van der Waals surface area contributed by atoms with E-state index >= 15 is 0 Å². The summed E-state index contributed by atoms with van der Waals surface area (Å²) in [6.45, 7) is 4.88. The Balaban J connectivity index is 0.00000122. The predicted octanol–water partition coefficient (Wildman–Crippen LogP) is 8.40. The third-order valence-electron chi connectivity index (χ3n) is 6.06. The molecule has 0 saturated heterocycles. The van der Waals surface area contributed by atoms with Crippen LogP contribution in [0.4, 0.5) is 0 Å². The van der Waals surface area contributed by atoms with Crippen molar-refractivity contribution in [1.29, 1.82) is 0 Å². The van der Waals surface area contributed by atoms with Crippen molar-refractivity contribution in [3.8, 4) is 0 Å². The van der Waals surface area contributed by atoms with E-state index < -0.39 is 0 Å². The standard InChI is InChI=1S/C23H44N.C5H6.Fe/c1-4-5-6-7-8-9-10-11-12-13-14-15-18-21-24(2,3)22-23-19-16-17-20-23;1-2-4-5-3-1;/h16-17,19-20,23H,4-15,18,21-22H2,1-3H3;1-4H,5H2;/q+1;;. The third-order valence-corrected chi connectivity index (χ3v) is 6.06. The van der Waals surface area contributed by atoms with Gasteiger partial charge in [-0.15, -0.1) is 0 Å². The van der Waals surface area contributed by atoms with E-state index in [1.54, 1.807) is 0 Å². The molecule has 2 aliphatic rings. The molecule has 0 aromatic heterocycles. The van der Waals surface area contributed by atoms with E-state index in [0.717, 1.165) is 10.9 Å². The van der Waals surface area contributed by atoms with E-state index in [1.807, 2.05) is 0 Å². The fourth-order valence-electron chi connectivity index (χ4n) is 4.21. The van der Waals surface area contributed by atoms with Crippen molar-refractivity contribution in [2.24, 2.45) is 5.92 Å². The maximum absolute atomic E-state index is 2.39. The Morgan fingerprint density at radius 2 is 1.07 bits per heavy atom. The summed E-state index contributed by atoms with van der Waals surface area (Å²) in [7, 11) is 4.78. The Bertz CT molecular complexity index is 465. The summed E-state index contributed by atoms with van der Waals surface area (Å²) in [5.74, 6) is 0.668. The zero-order valence-corrected chi connectivity index (χ0v) is 21.4. The molecule has 0 spiro atoms. The van der Waals surface area contributed by atoms with Gasteiger partial charge in [0, 0.05) is 23.0 Å². The van der Waals surface area contributed by atoms with Crippen LogP contribution in [0.2, 0.25) is 0 Å². The van der Waals surface area contributed by atoms with E-state index in [1.165, 1.54) is 96.6 Å². The summed E-state index contributed by atoms with van der Waals surface area (Å²) >= 11 is 0. The molecule has 0 heterocycles. The van der Waals surface area contributed by atoms with Gasteiger partial charge >= 0.3 is 0 Å². The largest absolute Gasteiger partial charge is 0.328 e. The van der Waals surface area contributed by atoms with Gasteiger partial charge in [-0.3, -0.25) is 0 Å². The fraction of sp³-hybridized carbons (Fsp3) is 0.714. The zero-order chi connectivity index (χ0) is 21.0. The summed E-state index contributed by atoms with van der Waals surface area (Å²) in [5.41, 5.74) is 0. The second kappa shape index (κ2) is 20.3. The van der Waals surface area contributed by atoms with E-state index in [4.69, 9.17) is 0 Å². The van der Waals surface area contributed by atoms with Crippen LogP contribution in [-0.4, -0.2) is 31.7 Å². The van der Waals surface area contributed by atoms with Crippen LogP contribution in [0.3, 0.4) is 0 Å². The van der Waals surface area contributed by atoms with Crippen LogP contribution in [0, 0.1) is 5.92 Å². The number of allylic oxidation sites excluding steroid dienone is 6. The third kappa shape index (κ3) is 18.2. The number of rotatable bonds is 16. The smallest absolute Gasteiger partial charge is 0.0881 e. The van der Waals surface area contributed by atoms with Crippen LogP contribution >= 0.6 is 0 Å². The number of hydrogen-bond donors (Lipinski definition) is 0. The molecular formula is C28H50FeN+. The van der Waals surface area contributed by atoms with Gasteiger partial charge < -0.3 is 4.48 Å². The molecule has 174 valence electrons. The van der Waals surface area contributed by atoms with Crippen molar-refractivity contribution >= 4 is 0 Å². The van der Waals surface area contributed by atoms with Crippen molar-refractivity contribution in [3.05, 3.63) is 48.6 Å². The minimum atomic E-state index is 0. The van der Waals surface area contributed by atoms with Gasteiger partial charge in [-0.2, -0.15) is 0 Å². The molecule has 0 bridgehead atoms. The van der Waals surface area contributed by atoms with Gasteiger partial charge in [0.25, 0.3) is 0 Å². The molecule has 0 N–H and O–H groups in total. The first-order valence-corrected chi connectivity index (χ1v) is 12.6. The summed E-state index contributed by atoms with van der Waals surface area (Å²) in [5, 5.41) is 0. The van der Waals surface area contributed by atoms with Gasteiger partial charge in [0.2, 0.25) is 0 Å². The molecule has 2 rings (SSSR count). The second-order valence-corrected chi connectivity index (χ2v) is 9.61. The zero-order valence-electron chi connectivity index (χ0n) is 20.3. The minimum absolute atomic E-state index is 0. The van der Waals surface area contributed by atoms with Gasteiger partial charge in [-0.1, -0.05) is 126 Å². The maximum Gasteiger partial charge on any atom is 0.0881 e. The van der Waals surface area contributed by atoms with Crippen LogP contribution in [0.5, 0.6) is 0 Å². The molecule has 2 heteroatoms. The molecule has 0 fully saturated rings. The van der Waals surface area contributed by atoms with Crippen LogP contribution < -0.4 is 0 Å². The Morgan fingerprint density at radius 3 is 1.47 bits per heavy atom. The van der Waals surface area contributed by atoms with Crippen molar-refractivity contribution in [1.82, 2.24) is 0 Å². The van der Waals surface area contributed by atoms with E-state index in [9.17, 15) is 0 Å². The van der Waals surface area contributed by atoms with Crippen molar-refractivity contribution in [2.45, 2.75) is 96.8 Å². The maximum atomic E-state index is 2.39. The summed E-state index contributed by atoms with van der Waals surface area (Å²) in [4.78, 5) is 0. The van der Waals surface area contributed by atoms with E-state index in [2.05, 4.69) is 69.6 Å². The van der Waals surface area contributed by atoms with Crippen LogP contribution in [0.15, 0.2) is 48.6 Å². The van der Waals surface area contributed by atoms with Gasteiger partial charge in [-0.25, -0.2) is 0 Å². The summed E-state index contributed by atoms with van der Waals surface area (Å²) in [6.07, 6.45) is 37.3. The van der Waals surface area contributed by atoms with Gasteiger partial charge in [0.15, 0.2) is 0 Å². The fourth-order valence-corrected chi connectivity index (χ4v) is 4.21. The van der Waals surface area contributed by atoms with Crippen LogP contribution in [0.1, 0.15) is 96.8 Å². The van der Waals surface area contributed by atoms with E-state index in [-0.39, 0.29) is 17.1 Å². The predicted molar refractivity (Wildman–Crippen MR) is 132 cm³/mol. The SMILES string of the molecule is C1=CCC=C1.CCCCCCCCCCCCCCC[N+](C)(C)CC1C=CC=C1.[Fe]. The molecule has 0 atom stereocenters. The van der Waals surface area contributed by atoms with Gasteiger partial charge in [0.05, 0.1) is 27.2 Å². The quantitative estimate of drug-likeness (QED) is 0.124. The van der Waals surface area contributed by atoms with Gasteiger partial charge in [-0.05, 0) is 19.3 Å². The average Bonchev–Trinajstić information content (AvgIpc) is 3.42. The molecule has 0 aromatic rings. The number of hydrogen-bond acceptors (Lipinski definition) is 0. The number of unbranched alkanes of at least 4 members (excludes halogenated alkanes) is 12. The molecule has 0 saturated carbocycles.